The molecule has 1 N–H and O–H groups in total. The van der Waals surface area contributed by atoms with Crippen molar-refractivity contribution in [2.45, 2.75) is 47.1 Å². The molecule has 3 aromatic rings. The van der Waals surface area contributed by atoms with Crippen LogP contribution in [0, 0.1) is 20.8 Å². The van der Waals surface area contributed by atoms with E-state index in [9.17, 15) is 9.59 Å². The van der Waals surface area contributed by atoms with Crippen molar-refractivity contribution in [1.82, 2.24) is 0 Å². The molecule has 1 heterocycles. The third-order valence-corrected chi connectivity index (χ3v) is 4.79. The SMILES string of the molecule is CCc1cc(=O)oc2cc(OC(C)C(=O)Nc3c(C)cc(C)cc3C)ccc12. The normalized spacial score (nSPS) is 12.0. The number of carbonyl (C=O) groups excluding carboxylic acids is 1. The number of fused-ring (bicyclic) bond motifs is 1. The van der Waals surface area contributed by atoms with Gasteiger partial charge in [-0.3, -0.25) is 4.79 Å². The molecule has 1 amide bonds. The van der Waals surface area contributed by atoms with Crippen LogP contribution in [0.1, 0.15) is 36.1 Å². The molecule has 5 nitrogen and oxygen atoms in total. The van der Waals surface area contributed by atoms with Gasteiger partial charge in [-0.05, 0) is 62.9 Å². The Kier molecular flexibility index (Phi) is 5.54. The van der Waals surface area contributed by atoms with Gasteiger partial charge in [0.25, 0.3) is 5.91 Å². The quantitative estimate of drug-likeness (QED) is 0.653. The molecule has 0 radical (unpaired) electrons. The molecule has 1 aromatic heterocycles. The maximum Gasteiger partial charge on any atom is 0.336 e. The highest BCUT2D eigenvalue weighted by atomic mass is 16.5. The van der Waals surface area contributed by atoms with E-state index in [2.05, 4.69) is 5.32 Å². The van der Waals surface area contributed by atoms with Crippen LogP contribution in [-0.4, -0.2) is 12.0 Å². The zero-order chi connectivity index (χ0) is 20.4. The molecule has 0 fully saturated rings. The number of rotatable bonds is 5. The van der Waals surface area contributed by atoms with E-state index in [0.29, 0.717) is 11.3 Å². The summed E-state index contributed by atoms with van der Waals surface area (Å²) >= 11 is 0. The maximum atomic E-state index is 12.6. The largest absolute Gasteiger partial charge is 0.481 e. The molecular weight excluding hydrogens is 354 g/mol. The van der Waals surface area contributed by atoms with E-state index in [1.165, 1.54) is 6.07 Å². The standard InChI is InChI=1S/C23H25NO4/c1-6-17-11-21(25)28-20-12-18(7-8-19(17)20)27-16(5)23(26)24-22-14(3)9-13(2)10-15(22)4/h7-12,16H,6H2,1-5H3,(H,24,26). The minimum Gasteiger partial charge on any atom is -0.481 e. The summed E-state index contributed by atoms with van der Waals surface area (Å²) in [6.45, 7) is 9.64. The number of nitrogens with one attached hydrogen (secondary N) is 1. The van der Waals surface area contributed by atoms with Crippen molar-refractivity contribution in [3.63, 3.8) is 0 Å². The predicted octanol–water partition coefficient (Wildman–Crippen LogP) is 4.69. The molecule has 1 unspecified atom stereocenters. The van der Waals surface area contributed by atoms with E-state index in [1.54, 1.807) is 19.1 Å². The van der Waals surface area contributed by atoms with Gasteiger partial charge in [0.05, 0.1) is 0 Å². The van der Waals surface area contributed by atoms with Crippen molar-refractivity contribution in [3.05, 3.63) is 69.1 Å². The summed E-state index contributed by atoms with van der Waals surface area (Å²) in [4.78, 5) is 24.3. The Balaban J connectivity index is 1.80. The highest BCUT2D eigenvalue weighted by molar-refractivity contribution is 5.95. The zero-order valence-corrected chi connectivity index (χ0v) is 16.9. The third-order valence-electron chi connectivity index (χ3n) is 4.79. The Labute approximate surface area is 164 Å². The molecule has 0 bridgehead atoms. The predicted molar refractivity (Wildman–Crippen MR) is 111 cm³/mol. The van der Waals surface area contributed by atoms with Crippen molar-refractivity contribution in [3.8, 4) is 5.75 Å². The summed E-state index contributed by atoms with van der Waals surface area (Å²) in [5.41, 5.74) is 4.98. The minimum atomic E-state index is -0.710. The molecule has 5 heteroatoms. The van der Waals surface area contributed by atoms with Crippen molar-refractivity contribution < 1.29 is 13.9 Å². The molecular formula is C23H25NO4. The van der Waals surface area contributed by atoms with Gasteiger partial charge in [0.1, 0.15) is 11.3 Å². The van der Waals surface area contributed by atoms with Crippen molar-refractivity contribution in [2.75, 3.05) is 5.32 Å². The van der Waals surface area contributed by atoms with Crippen molar-refractivity contribution >= 4 is 22.6 Å². The van der Waals surface area contributed by atoms with Crippen LogP contribution in [0.3, 0.4) is 0 Å². The second-order valence-electron chi connectivity index (χ2n) is 7.13. The first kappa shape index (κ1) is 19.7. The highest BCUT2D eigenvalue weighted by Crippen LogP contribution is 2.25. The fourth-order valence-corrected chi connectivity index (χ4v) is 3.44. The first-order valence-electron chi connectivity index (χ1n) is 9.40. The Morgan fingerprint density at radius 1 is 1.11 bits per heavy atom. The summed E-state index contributed by atoms with van der Waals surface area (Å²) in [6, 6.07) is 10.9. The number of aryl methyl sites for hydroxylation is 4. The second-order valence-corrected chi connectivity index (χ2v) is 7.13. The van der Waals surface area contributed by atoms with Crippen LogP contribution in [0.4, 0.5) is 5.69 Å². The molecule has 0 aliphatic rings. The molecule has 0 saturated heterocycles. The van der Waals surface area contributed by atoms with Crippen LogP contribution in [-0.2, 0) is 11.2 Å². The van der Waals surface area contributed by atoms with Gasteiger partial charge in [0.15, 0.2) is 6.10 Å². The lowest BCUT2D eigenvalue weighted by molar-refractivity contribution is -0.122. The molecule has 0 aliphatic carbocycles. The Morgan fingerprint density at radius 3 is 2.43 bits per heavy atom. The van der Waals surface area contributed by atoms with Crippen LogP contribution >= 0.6 is 0 Å². The summed E-state index contributed by atoms with van der Waals surface area (Å²) in [6.07, 6.45) is 0.0229. The topological polar surface area (TPSA) is 68.5 Å². The van der Waals surface area contributed by atoms with Crippen LogP contribution in [0.25, 0.3) is 11.0 Å². The van der Waals surface area contributed by atoms with Gasteiger partial charge in [-0.15, -0.1) is 0 Å². The first-order chi connectivity index (χ1) is 13.3. The first-order valence-corrected chi connectivity index (χ1v) is 9.40. The van der Waals surface area contributed by atoms with Gasteiger partial charge in [-0.1, -0.05) is 24.6 Å². The smallest absolute Gasteiger partial charge is 0.336 e. The van der Waals surface area contributed by atoms with Gasteiger partial charge in [-0.25, -0.2) is 4.79 Å². The zero-order valence-electron chi connectivity index (χ0n) is 16.9. The number of ether oxygens (including phenoxy) is 1. The Hall–Kier alpha value is -3.08. The summed E-state index contributed by atoms with van der Waals surface area (Å²) in [5, 5.41) is 3.83. The van der Waals surface area contributed by atoms with Gasteiger partial charge >= 0.3 is 5.63 Å². The van der Waals surface area contributed by atoms with E-state index < -0.39 is 11.7 Å². The molecule has 1 atom stereocenters. The number of hydrogen-bond acceptors (Lipinski definition) is 4. The highest BCUT2D eigenvalue weighted by Gasteiger charge is 2.17. The van der Waals surface area contributed by atoms with E-state index in [4.69, 9.17) is 9.15 Å². The van der Waals surface area contributed by atoms with E-state index in [0.717, 1.165) is 39.7 Å². The Bertz CT molecular complexity index is 1070. The lowest BCUT2D eigenvalue weighted by atomic mass is 10.0. The van der Waals surface area contributed by atoms with E-state index in [-0.39, 0.29) is 5.91 Å². The lowest BCUT2D eigenvalue weighted by Gasteiger charge is -2.18. The third kappa shape index (κ3) is 4.09. The fourth-order valence-electron chi connectivity index (χ4n) is 3.44. The summed E-state index contributed by atoms with van der Waals surface area (Å²) in [7, 11) is 0. The molecule has 0 aliphatic heterocycles. The van der Waals surface area contributed by atoms with Crippen LogP contribution in [0.5, 0.6) is 5.75 Å². The van der Waals surface area contributed by atoms with Crippen molar-refractivity contribution in [2.24, 2.45) is 0 Å². The van der Waals surface area contributed by atoms with Crippen LogP contribution in [0.2, 0.25) is 0 Å². The maximum absolute atomic E-state index is 12.6. The van der Waals surface area contributed by atoms with Gasteiger partial charge in [0.2, 0.25) is 0 Å². The van der Waals surface area contributed by atoms with Gasteiger partial charge in [0, 0.05) is 23.2 Å². The number of amides is 1. The van der Waals surface area contributed by atoms with Gasteiger partial charge < -0.3 is 14.5 Å². The average Bonchev–Trinajstić information content (AvgIpc) is 2.63. The van der Waals surface area contributed by atoms with Crippen molar-refractivity contribution in [1.29, 1.82) is 0 Å². The van der Waals surface area contributed by atoms with E-state index >= 15 is 0 Å². The Morgan fingerprint density at radius 2 is 1.79 bits per heavy atom. The molecule has 0 saturated carbocycles. The molecule has 2 aromatic carbocycles. The molecule has 0 spiro atoms. The second kappa shape index (κ2) is 7.89. The molecule has 28 heavy (non-hydrogen) atoms. The fraction of sp³-hybridized carbons (Fsp3) is 0.304. The monoisotopic (exact) mass is 379 g/mol. The van der Waals surface area contributed by atoms with Crippen LogP contribution in [0.15, 0.2) is 45.6 Å². The summed E-state index contributed by atoms with van der Waals surface area (Å²) < 4.78 is 11.1. The molecule has 146 valence electrons. The lowest BCUT2D eigenvalue weighted by Crippen LogP contribution is -2.30. The van der Waals surface area contributed by atoms with E-state index in [1.807, 2.05) is 45.9 Å². The minimum absolute atomic E-state index is 0.237. The number of hydrogen-bond donors (Lipinski definition) is 1. The average molecular weight is 379 g/mol. The van der Waals surface area contributed by atoms with Gasteiger partial charge in [-0.2, -0.15) is 0 Å². The number of benzene rings is 2. The number of anilines is 1. The summed E-state index contributed by atoms with van der Waals surface area (Å²) in [5.74, 6) is 0.239. The van der Waals surface area contributed by atoms with Crippen LogP contribution < -0.4 is 15.7 Å². The number of carbonyl (C=O) groups is 1. The molecule has 3 rings (SSSR count).